The summed E-state index contributed by atoms with van der Waals surface area (Å²) in [6.07, 6.45) is 1.92. The van der Waals surface area contributed by atoms with Crippen molar-refractivity contribution in [3.05, 3.63) is 46.2 Å². The van der Waals surface area contributed by atoms with Crippen LogP contribution in [0.1, 0.15) is 29.4 Å². The van der Waals surface area contributed by atoms with E-state index in [1.807, 2.05) is 18.2 Å². The number of rotatable bonds is 7. The van der Waals surface area contributed by atoms with E-state index in [1.165, 1.54) is 4.88 Å². The van der Waals surface area contributed by atoms with E-state index in [2.05, 4.69) is 22.4 Å². The van der Waals surface area contributed by atoms with Crippen molar-refractivity contribution in [2.45, 2.75) is 31.6 Å². The van der Waals surface area contributed by atoms with Gasteiger partial charge in [0.2, 0.25) is 6.79 Å². The second-order valence-corrected chi connectivity index (χ2v) is 7.57. The molecule has 1 N–H and O–H groups in total. The first-order chi connectivity index (χ1) is 12.3. The van der Waals surface area contributed by atoms with Crippen molar-refractivity contribution in [2.24, 2.45) is 0 Å². The zero-order valence-electron chi connectivity index (χ0n) is 14.1. The van der Waals surface area contributed by atoms with Crippen molar-refractivity contribution in [2.75, 3.05) is 26.5 Å². The summed E-state index contributed by atoms with van der Waals surface area (Å²) in [6, 6.07) is 9.86. The lowest BCUT2D eigenvalue weighted by Crippen LogP contribution is -2.34. The Bertz CT molecular complexity index is 685. The van der Waals surface area contributed by atoms with Crippen LogP contribution in [0.25, 0.3) is 0 Å². The summed E-state index contributed by atoms with van der Waals surface area (Å²) in [5.41, 5.74) is 0.854. The Kier molecular flexibility index (Phi) is 5.22. The molecule has 134 valence electrons. The Labute approximate surface area is 151 Å². The van der Waals surface area contributed by atoms with Crippen molar-refractivity contribution in [3.63, 3.8) is 0 Å². The summed E-state index contributed by atoms with van der Waals surface area (Å²) < 4.78 is 16.6. The number of hydrogen-bond acceptors (Lipinski definition) is 6. The molecule has 0 aliphatic carbocycles. The van der Waals surface area contributed by atoms with Gasteiger partial charge in [-0.25, -0.2) is 0 Å². The van der Waals surface area contributed by atoms with Crippen molar-refractivity contribution in [1.82, 2.24) is 4.90 Å². The third-order valence-corrected chi connectivity index (χ3v) is 5.52. The molecule has 1 aromatic heterocycles. The molecule has 0 radical (unpaired) electrons. The van der Waals surface area contributed by atoms with Gasteiger partial charge in [-0.2, -0.15) is 0 Å². The summed E-state index contributed by atoms with van der Waals surface area (Å²) in [5, 5.41) is 12.8. The molecule has 0 spiro atoms. The number of aliphatic hydroxyl groups excluding tert-OH is 1. The first-order valence-corrected chi connectivity index (χ1v) is 9.60. The van der Waals surface area contributed by atoms with Crippen LogP contribution in [-0.2, 0) is 11.3 Å². The van der Waals surface area contributed by atoms with E-state index < -0.39 is 6.10 Å². The van der Waals surface area contributed by atoms with Crippen LogP contribution in [0.4, 0.5) is 0 Å². The topological polar surface area (TPSA) is 51.2 Å². The number of thiophene rings is 1. The Morgan fingerprint density at radius 2 is 2.16 bits per heavy atom. The normalized spacial score (nSPS) is 20.3. The number of fused-ring (bicyclic) bond motifs is 1. The highest BCUT2D eigenvalue weighted by Crippen LogP contribution is 2.34. The molecule has 3 heterocycles. The third kappa shape index (κ3) is 4.15. The molecule has 2 aliphatic rings. The highest BCUT2D eigenvalue weighted by Gasteiger charge is 2.23. The van der Waals surface area contributed by atoms with Gasteiger partial charge in [0, 0.05) is 31.1 Å². The van der Waals surface area contributed by atoms with Gasteiger partial charge in [0.05, 0.1) is 12.2 Å². The highest BCUT2D eigenvalue weighted by atomic mass is 32.1. The van der Waals surface area contributed by atoms with Gasteiger partial charge in [0.25, 0.3) is 0 Å². The van der Waals surface area contributed by atoms with E-state index in [0.717, 1.165) is 43.9 Å². The van der Waals surface area contributed by atoms with Crippen molar-refractivity contribution in [3.8, 4) is 11.5 Å². The Balaban J connectivity index is 1.44. The van der Waals surface area contributed by atoms with E-state index in [0.29, 0.717) is 12.3 Å². The van der Waals surface area contributed by atoms with Crippen LogP contribution in [0, 0.1) is 0 Å². The molecule has 0 unspecified atom stereocenters. The molecular formula is C19H23NO4S. The summed E-state index contributed by atoms with van der Waals surface area (Å²) in [5.74, 6) is 1.45. The van der Waals surface area contributed by atoms with Gasteiger partial charge in [-0.15, -0.1) is 11.3 Å². The first-order valence-electron chi connectivity index (χ1n) is 8.72. The van der Waals surface area contributed by atoms with Crippen molar-refractivity contribution in [1.29, 1.82) is 0 Å². The Hall–Kier alpha value is -1.60. The predicted molar refractivity (Wildman–Crippen MR) is 96.1 cm³/mol. The summed E-state index contributed by atoms with van der Waals surface area (Å²) in [7, 11) is 0. The number of hydrogen-bond donors (Lipinski definition) is 1. The zero-order valence-corrected chi connectivity index (χ0v) is 14.9. The van der Waals surface area contributed by atoms with E-state index in [9.17, 15) is 5.11 Å². The average molecular weight is 361 g/mol. The monoisotopic (exact) mass is 361 g/mol. The standard InChI is InChI=1S/C19H23NO4S/c21-17(14-5-6-18-19(9-14)24-13-23-18)12-20(10-15-3-1-7-22-15)11-16-4-2-8-25-16/h2,4-6,8-9,15,17,21H,1,3,7,10-13H2/t15-,17+/m1/s1. The molecule has 2 aromatic rings. The lowest BCUT2D eigenvalue weighted by Gasteiger charge is -2.27. The fourth-order valence-corrected chi connectivity index (χ4v) is 4.12. The van der Waals surface area contributed by atoms with Crippen LogP contribution in [0.3, 0.4) is 0 Å². The number of ether oxygens (including phenoxy) is 3. The molecule has 4 rings (SSSR count). The van der Waals surface area contributed by atoms with Crippen LogP contribution < -0.4 is 9.47 Å². The van der Waals surface area contributed by atoms with Crippen LogP contribution in [-0.4, -0.2) is 42.6 Å². The molecule has 25 heavy (non-hydrogen) atoms. The van der Waals surface area contributed by atoms with E-state index in [-0.39, 0.29) is 12.9 Å². The van der Waals surface area contributed by atoms with Crippen molar-refractivity contribution < 1.29 is 19.3 Å². The SMILES string of the molecule is O[C@@H](CN(Cc1cccs1)C[C@H]1CCCO1)c1ccc2c(c1)OCO2. The van der Waals surface area contributed by atoms with Gasteiger partial charge in [-0.3, -0.25) is 4.90 Å². The third-order valence-electron chi connectivity index (χ3n) is 4.66. The molecule has 5 nitrogen and oxygen atoms in total. The van der Waals surface area contributed by atoms with Gasteiger partial charge in [-0.05, 0) is 42.0 Å². The second-order valence-electron chi connectivity index (χ2n) is 6.54. The van der Waals surface area contributed by atoms with Crippen LogP contribution in [0.2, 0.25) is 0 Å². The lowest BCUT2D eigenvalue weighted by atomic mass is 10.1. The Morgan fingerprint density at radius 1 is 1.24 bits per heavy atom. The number of benzene rings is 1. The second kappa shape index (κ2) is 7.74. The molecule has 0 saturated carbocycles. The Morgan fingerprint density at radius 3 is 2.96 bits per heavy atom. The van der Waals surface area contributed by atoms with Gasteiger partial charge >= 0.3 is 0 Å². The van der Waals surface area contributed by atoms with Gasteiger partial charge < -0.3 is 19.3 Å². The van der Waals surface area contributed by atoms with Gasteiger partial charge in [0.15, 0.2) is 11.5 Å². The molecular weight excluding hydrogens is 338 g/mol. The van der Waals surface area contributed by atoms with Crippen molar-refractivity contribution >= 4 is 11.3 Å². The minimum absolute atomic E-state index is 0.248. The first kappa shape index (κ1) is 16.8. The summed E-state index contributed by atoms with van der Waals surface area (Å²) in [6.45, 7) is 3.34. The molecule has 2 atom stereocenters. The summed E-state index contributed by atoms with van der Waals surface area (Å²) in [4.78, 5) is 3.59. The molecule has 0 bridgehead atoms. The molecule has 1 fully saturated rings. The molecule has 2 aliphatic heterocycles. The maximum Gasteiger partial charge on any atom is 0.231 e. The van der Waals surface area contributed by atoms with Gasteiger partial charge in [0.1, 0.15) is 0 Å². The number of aliphatic hydroxyl groups is 1. The van der Waals surface area contributed by atoms with E-state index in [1.54, 1.807) is 11.3 Å². The fraction of sp³-hybridized carbons (Fsp3) is 0.474. The van der Waals surface area contributed by atoms with E-state index in [4.69, 9.17) is 14.2 Å². The lowest BCUT2D eigenvalue weighted by molar-refractivity contribution is 0.0464. The molecule has 6 heteroatoms. The minimum atomic E-state index is -0.573. The van der Waals surface area contributed by atoms with Crippen LogP contribution >= 0.6 is 11.3 Å². The number of nitrogens with zero attached hydrogens (tertiary/aromatic N) is 1. The molecule has 0 amide bonds. The minimum Gasteiger partial charge on any atom is -0.454 e. The van der Waals surface area contributed by atoms with E-state index >= 15 is 0 Å². The van der Waals surface area contributed by atoms with Gasteiger partial charge in [-0.1, -0.05) is 12.1 Å². The maximum absolute atomic E-state index is 10.7. The van der Waals surface area contributed by atoms with Crippen LogP contribution in [0.15, 0.2) is 35.7 Å². The fourth-order valence-electron chi connectivity index (χ4n) is 3.37. The molecule has 1 saturated heterocycles. The maximum atomic E-state index is 10.7. The largest absolute Gasteiger partial charge is 0.454 e. The highest BCUT2D eigenvalue weighted by molar-refractivity contribution is 7.09. The van der Waals surface area contributed by atoms with Crippen LogP contribution in [0.5, 0.6) is 11.5 Å². The average Bonchev–Trinajstić information content (AvgIpc) is 3.36. The quantitative estimate of drug-likeness (QED) is 0.821. The molecule has 1 aromatic carbocycles. The smallest absolute Gasteiger partial charge is 0.231 e. The predicted octanol–water partition coefficient (Wildman–Crippen LogP) is 3.19. The summed E-state index contributed by atoms with van der Waals surface area (Å²) >= 11 is 1.75. The zero-order chi connectivity index (χ0) is 17.1.